The summed E-state index contributed by atoms with van der Waals surface area (Å²) in [7, 11) is 1.83. The Bertz CT molecular complexity index is 504. The maximum absolute atomic E-state index is 12.5. The molecule has 1 heterocycles. The Morgan fingerprint density at radius 1 is 1.50 bits per heavy atom. The molecule has 2 amide bonds. The van der Waals surface area contributed by atoms with Gasteiger partial charge >= 0.3 is 6.03 Å². The Hall–Kier alpha value is -1.62. The number of pyridine rings is 1. The molecule has 3 atom stereocenters. The number of hydrogen-bond acceptors (Lipinski definition) is 3. The molecule has 1 N–H and O–H groups in total. The minimum atomic E-state index is -0.0441. The number of amides is 2. The van der Waals surface area contributed by atoms with Crippen LogP contribution in [-0.4, -0.2) is 41.7 Å². The molecule has 0 saturated heterocycles. The smallest absolute Gasteiger partial charge is 0.317 e. The van der Waals surface area contributed by atoms with Gasteiger partial charge in [-0.2, -0.15) is 0 Å². The molecule has 0 radical (unpaired) electrons. The van der Waals surface area contributed by atoms with Gasteiger partial charge in [-0.05, 0) is 38.0 Å². The number of ether oxygens (including phenoxy) is 1. The van der Waals surface area contributed by atoms with E-state index in [4.69, 9.17) is 4.74 Å². The van der Waals surface area contributed by atoms with Crippen LogP contribution in [0.25, 0.3) is 0 Å². The zero-order valence-electron chi connectivity index (χ0n) is 14.2. The van der Waals surface area contributed by atoms with Crippen LogP contribution in [0.4, 0.5) is 4.79 Å². The molecule has 1 aliphatic rings. The second kappa shape index (κ2) is 6.65. The third-order valence-electron chi connectivity index (χ3n) is 4.93. The summed E-state index contributed by atoms with van der Waals surface area (Å²) in [6, 6.07) is 3.99. The van der Waals surface area contributed by atoms with Crippen LogP contribution in [0.5, 0.6) is 0 Å². The van der Waals surface area contributed by atoms with Gasteiger partial charge < -0.3 is 15.0 Å². The molecule has 122 valence electrons. The molecule has 22 heavy (non-hydrogen) atoms. The maximum atomic E-state index is 12.5. The van der Waals surface area contributed by atoms with Gasteiger partial charge in [0, 0.05) is 37.5 Å². The summed E-state index contributed by atoms with van der Waals surface area (Å²) >= 11 is 0. The number of nitrogens with one attached hydrogen (secondary N) is 1. The van der Waals surface area contributed by atoms with E-state index in [1.165, 1.54) is 0 Å². The molecule has 1 aromatic heterocycles. The molecule has 0 aromatic carbocycles. The molecule has 0 bridgehead atoms. The van der Waals surface area contributed by atoms with Crippen molar-refractivity contribution in [3.8, 4) is 0 Å². The molecule has 0 spiro atoms. The summed E-state index contributed by atoms with van der Waals surface area (Å²) < 4.78 is 5.71. The van der Waals surface area contributed by atoms with Gasteiger partial charge in [-0.25, -0.2) is 4.79 Å². The van der Waals surface area contributed by atoms with Crippen molar-refractivity contribution in [2.45, 2.75) is 52.3 Å². The van der Waals surface area contributed by atoms with Crippen LogP contribution in [0.1, 0.15) is 45.7 Å². The van der Waals surface area contributed by atoms with E-state index in [9.17, 15) is 4.79 Å². The monoisotopic (exact) mass is 305 g/mol. The molecular formula is C17H27N3O2. The molecular weight excluding hydrogens is 278 g/mol. The zero-order valence-corrected chi connectivity index (χ0v) is 14.2. The largest absolute Gasteiger partial charge is 0.378 e. The minimum Gasteiger partial charge on any atom is -0.378 e. The normalized spacial score (nSPS) is 24.2. The fourth-order valence-corrected chi connectivity index (χ4v) is 2.91. The Morgan fingerprint density at radius 3 is 2.68 bits per heavy atom. The topological polar surface area (TPSA) is 54.5 Å². The van der Waals surface area contributed by atoms with E-state index in [0.29, 0.717) is 6.61 Å². The first-order valence-electron chi connectivity index (χ1n) is 7.92. The summed E-state index contributed by atoms with van der Waals surface area (Å²) in [6.07, 6.45) is 4.61. The number of nitrogens with zero attached hydrogens (tertiary/aromatic N) is 2. The van der Waals surface area contributed by atoms with Crippen molar-refractivity contribution < 1.29 is 9.53 Å². The number of urea groups is 1. The highest BCUT2D eigenvalue weighted by Crippen LogP contribution is 2.42. The summed E-state index contributed by atoms with van der Waals surface area (Å²) in [6.45, 7) is 9.03. The van der Waals surface area contributed by atoms with Gasteiger partial charge in [0.1, 0.15) is 0 Å². The molecule has 0 unspecified atom stereocenters. The van der Waals surface area contributed by atoms with E-state index in [2.05, 4.69) is 24.1 Å². The lowest BCUT2D eigenvalue weighted by molar-refractivity contribution is -0.111. The van der Waals surface area contributed by atoms with Gasteiger partial charge in [-0.3, -0.25) is 4.98 Å². The van der Waals surface area contributed by atoms with E-state index < -0.39 is 0 Å². The highest BCUT2D eigenvalue weighted by molar-refractivity contribution is 5.75. The van der Waals surface area contributed by atoms with Crippen LogP contribution in [0, 0.1) is 5.41 Å². The lowest BCUT2D eigenvalue weighted by Crippen LogP contribution is -2.63. The quantitative estimate of drug-likeness (QED) is 0.910. The first-order valence-corrected chi connectivity index (χ1v) is 7.92. The number of hydrogen-bond donors (Lipinski definition) is 1. The van der Waals surface area contributed by atoms with Crippen molar-refractivity contribution in [1.82, 2.24) is 15.2 Å². The van der Waals surface area contributed by atoms with Gasteiger partial charge in [0.2, 0.25) is 0 Å². The Balaban J connectivity index is 1.93. The highest BCUT2D eigenvalue weighted by atomic mass is 16.5. The number of rotatable bonds is 5. The van der Waals surface area contributed by atoms with E-state index in [-0.39, 0.29) is 29.6 Å². The Morgan fingerprint density at radius 2 is 2.14 bits per heavy atom. The van der Waals surface area contributed by atoms with Crippen molar-refractivity contribution in [1.29, 1.82) is 0 Å². The van der Waals surface area contributed by atoms with Gasteiger partial charge in [-0.15, -0.1) is 0 Å². The maximum Gasteiger partial charge on any atom is 0.317 e. The summed E-state index contributed by atoms with van der Waals surface area (Å²) in [5.74, 6) is 0. The van der Waals surface area contributed by atoms with Crippen LogP contribution in [-0.2, 0) is 4.74 Å². The third kappa shape index (κ3) is 3.24. The zero-order chi connectivity index (χ0) is 16.3. The minimum absolute atomic E-state index is 0.00822. The lowest BCUT2D eigenvalue weighted by atomic mass is 9.64. The summed E-state index contributed by atoms with van der Waals surface area (Å²) in [5.41, 5.74) is 1.06. The molecule has 0 aliphatic heterocycles. The second-order valence-corrected chi connectivity index (χ2v) is 6.57. The SMILES string of the molecule is CCO[C@H]1C[C@@H](NC(=O)N(C)[C@@H](C)c2ccncc2)C1(C)C. The summed E-state index contributed by atoms with van der Waals surface area (Å²) in [5, 5.41) is 3.14. The number of aromatic nitrogens is 1. The van der Waals surface area contributed by atoms with E-state index >= 15 is 0 Å². The van der Waals surface area contributed by atoms with Gasteiger partial charge in [0.25, 0.3) is 0 Å². The first kappa shape index (κ1) is 16.7. The van der Waals surface area contributed by atoms with E-state index in [1.807, 2.05) is 33.0 Å². The highest BCUT2D eigenvalue weighted by Gasteiger charge is 2.49. The predicted octanol–water partition coefficient (Wildman–Crippen LogP) is 2.99. The standard InChI is InChI=1S/C17H27N3O2/c1-6-22-15-11-14(17(15,3)4)19-16(21)20(5)12(2)13-7-9-18-10-8-13/h7-10,12,14-15H,6,11H2,1-5H3,(H,19,21)/t12-,14+,15-/m0/s1. The fourth-order valence-electron chi connectivity index (χ4n) is 2.91. The Kier molecular flexibility index (Phi) is 5.06. The summed E-state index contributed by atoms with van der Waals surface area (Å²) in [4.78, 5) is 18.2. The number of carbonyl (C=O) groups is 1. The van der Waals surface area contributed by atoms with Gasteiger partial charge in [0.15, 0.2) is 0 Å². The molecule has 1 saturated carbocycles. The first-order chi connectivity index (χ1) is 10.4. The van der Waals surface area contributed by atoms with Crippen molar-refractivity contribution in [3.05, 3.63) is 30.1 Å². The van der Waals surface area contributed by atoms with Crippen LogP contribution < -0.4 is 5.32 Å². The molecule has 5 nitrogen and oxygen atoms in total. The van der Waals surface area contributed by atoms with E-state index in [1.54, 1.807) is 17.3 Å². The molecule has 2 rings (SSSR count). The van der Waals surface area contributed by atoms with Crippen molar-refractivity contribution in [2.24, 2.45) is 5.41 Å². The molecule has 1 aromatic rings. The third-order valence-corrected chi connectivity index (χ3v) is 4.93. The average molecular weight is 305 g/mol. The van der Waals surface area contributed by atoms with Crippen LogP contribution in [0.2, 0.25) is 0 Å². The molecule has 5 heteroatoms. The molecule has 1 aliphatic carbocycles. The lowest BCUT2D eigenvalue weighted by Gasteiger charge is -2.52. The van der Waals surface area contributed by atoms with E-state index in [0.717, 1.165) is 12.0 Å². The Labute approximate surface area is 133 Å². The van der Waals surface area contributed by atoms with Crippen LogP contribution >= 0.6 is 0 Å². The fraction of sp³-hybridized carbons (Fsp3) is 0.647. The van der Waals surface area contributed by atoms with Crippen LogP contribution in [0.15, 0.2) is 24.5 Å². The van der Waals surface area contributed by atoms with Crippen molar-refractivity contribution in [2.75, 3.05) is 13.7 Å². The molecule has 1 fully saturated rings. The second-order valence-electron chi connectivity index (χ2n) is 6.57. The average Bonchev–Trinajstić information content (AvgIpc) is 2.53. The van der Waals surface area contributed by atoms with Gasteiger partial charge in [-0.1, -0.05) is 13.8 Å². The van der Waals surface area contributed by atoms with Crippen LogP contribution in [0.3, 0.4) is 0 Å². The predicted molar refractivity (Wildman–Crippen MR) is 86.5 cm³/mol. The van der Waals surface area contributed by atoms with Crippen molar-refractivity contribution in [3.63, 3.8) is 0 Å². The van der Waals surface area contributed by atoms with Gasteiger partial charge in [0.05, 0.1) is 12.1 Å². The number of carbonyl (C=O) groups excluding carboxylic acids is 1. The van der Waals surface area contributed by atoms with Crippen molar-refractivity contribution >= 4 is 6.03 Å².